The van der Waals surface area contributed by atoms with Crippen LogP contribution >= 0.6 is 0 Å². The van der Waals surface area contributed by atoms with E-state index >= 15 is 4.39 Å². The predicted molar refractivity (Wildman–Crippen MR) is 160 cm³/mol. The zero-order chi connectivity index (χ0) is 30.6. The van der Waals surface area contributed by atoms with Crippen LogP contribution in [0.25, 0.3) is 22.2 Å². The van der Waals surface area contributed by atoms with Crippen LogP contribution in [0.4, 0.5) is 16.0 Å². The number of rotatable bonds is 9. The molecule has 1 N–H and O–H groups in total. The quantitative estimate of drug-likeness (QED) is 0.281. The predicted octanol–water partition coefficient (Wildman–Crippen LogP) is 2.99. The zero-order valence-corrected chi connectivity index (χ0v) is 25.2. The number of fused-ring (bicyclic) bond motifs is 1. The van der Waals surface area contributed by atoms with E-state index in [-0.39, 0.29) is 23.5 Å². The van der Waals surface area contributed by atoms with Crippen molar-refractivity contribution in [2.75, 3.05) is 69.5 Å². The molecule has 12 nitrogen and oxygen atoms in total. The number of nitrogens with one attached hydrogen (secondary N) is 1. The number of ether oxygens (including phenoxy) is 3. The zero-order valence-electron chi connectivity index (χ0n) is 24.4. The number of carbonyl (C=O) groups is 1. The van der Waals surface area contributed by atoms with Crippen molar-refractivity contribution in [2.45, 2.75) is 19.4 Å². The first kappa shape index (κ1) is 30.6. The third kappa shape index (κ3) is 7.56. The van der Waals surface area contributed by atoms with E-state index in [1.165, 1.54) is 38.6 Å². The van der Waals surface area contributed by atoms with Gasteiger partial charge in [-0.1, -0.05) is 6.08 Å². The highest BCUT2D eigenvalue weighted by atomic mass is 32.2. The summed E-state index contributed by atoms with van der Waals surface area (Å²) in [6.07, 6.45) is 7.63. The van der Waals surface area contributed by atoms with Gasteiger partial charge in [-0.25, -0.2) is 32.6 Å². The summed E-state index contributed by atoms with van der Waals surface area (Å²) < 4.78 is 57.2. The van der Waals surface area contributed by atoms with Crippen molar-refractivity contribution in [1.82, 2.24) is 19.9 Å². The average molecular weight is 615 g/mol. The molecule has 0 atom stereocenters. The molecule has 43 heavy (non-hydrogen) atoms. The third-order valence-corrected chi connectivity index (χ3v) is 8.06. The minimum atomic E-state index is -3.64. The maximum absolute atomic E-state index is 15.2. The molecule has 14 heteroatoms. The smallest absolute Gasteiger partial charge is 0.330 e. The van der Waals surface area contributed by atoms with E-state index in [2.05, 4.69) is 14.6 Å². The molecule has 0 amide bonds. The lowest BCUT2D eigenvalue weighted by atomic mass is 9.95. The molecule has 4 heterocycles. The molecule has 0 unspecified atom stereocenters. The van der Waals surface area contributed by atoms with Gasteiger partial charge in [0.15, 0.2) is 0 Å². The number of hydrogen-bond acceptors (Lipinski definition) is 11. The Balaban J connectivity index is 1.54. The highest BCUT2D eigenvalue weighted by Crippen LogP contribution is 2.35. The second-order valence-corrected chi connectivity index (χ2v) is 12.3. The monoisotopic (exact) mass is 614 g/mol. The van der Waals surface area contributed by atoms with Gasteiger partial charge in [-0.2, -0.15) is 0 Å². The number of carbonyl (C=O) groups excluding carboxylic acids is 1. The fraction of sp³-hybridized carbons (Fsp3) is 0.448. The number of anilines is 2. The van der Waals surface area contributed by atoms with Crippen LogP contribution in [0.1, 0.15) is 18.4 Å². The molecule has 0 aliphatic carbocycles. The molecule has 0 bridgehead atoms. The lowest BCUT2D eigenvalue weighted by Gasteiger charge is -2.31. The first-order chi connectivity index (χ1) is 20.6. The summed E-state index contributed by atoms with van der Waals surface area (Å²) >= 11 is 0. The Morgan fingerprint density at radius 3 is 2.56 bits per heavy atom. The number of benzene rings is 1. The Kier molecular flexibility index (Phi) is 9.37. The van der Waals surface area contributed by atoms with Gasteiger partial charge >= 0.3 is 5.97 Å². The van der Waals surface area contributed by atoms with Crippen LogP contribution in [0.3, 0.4) is 0 Å². The van der Waals surface area contributed by atoms with E-state index in [0.717, 1.165) is 32.2 Å². The third-order valence-electron chi connectivity index (χ3n) is 7.47. The minimum Gasteiger partial charge on any atom is -0.480 e. The van der Waals surface area contributed by atoms with E-state index in [1.54, 1.807) is 6.07 Å². The number of likely N-dealkylation sites (tertiary alicyclic amines) is 1. The maximum atomic E-state index is 15.2. The van der Waals surface area contributed by atoms with E-state index in [0.29, 0.717) is 66.5 Å². The average Bonchev–Trinajstić information content (AvgIpc) is 2.99. The Bertz CT molecular complexity index is 1620. The van der Waals surface area contributed by atoms with Gasteiger partial charge in [0.25, 0.3) is 0 Å². The summed E-state index contributed by atoms with van der Waals surface area (Å²) in [7, 11) is -0.887. The summed E-state index contributed by atoms with van der Waals surface area (Å²) in [4.78, 5) is 29.8. The van der Waals surface area contributed by atoms with E-state index < -0.39 is 15.8 Å². The van der Waals surface area contributed by atoms with Gasteiger partial charge in [-0.15, -0.1) is 0 Å². The fourth-order valence-electron chi connectivity index (χ4n) is 5.34. The van der Waals surface area contributed by atoms with Crippen molar-refractivity contribution >= 4 is 38.5 Å². The molecule has 230 valence electrons. The molecule has 0 saturated carbocycles. The Hall–Kier alpha value is -3.88. The minimum absolute atomic E-state index is 0.0950. The lowest BCUT2D eigenvalue weighted by molar-refractivity contribution is -0.134. The van der Waals surface area contributed by atoms with E-state index in [1.807, 2.05) is 11.0 Å². The van der Waals surface area contributed by atoms with E-state index in [9.17, 15) is 13.2 Å². The highest BCUT2D eigenvalue weighted by molar-refractivity contribution is 7.92. The van der Waals surface area contributed by atoms with Gasteiger partial charge in [-0.05, 0) is 55.6 Å². The van der Waals surface area contributed by atoms with E-state index in [4.69, 9.17) is 24.2 Å². The molecule has 0 spiro atoms. The molecule has 5 rings (SSSR count). The van der Waals surface area contributed by atoms with Gasteiger partial charge in [0.2, 0.25) is 21.9 Å². The number of pyridine rings is 1. The number of sulfonamides is 1. The summed E-state index contributed by atoms with van der Waals surface area (Å²) in [6, 6.07) is 4.48. The Morgan fingerprint density at radius 2 is 1.88 bits per heavy atom. The number of nitrogens with zero attached hydrogens (tertiary/aromatic N) is 5. The largest absolute Gasteiger partial charge is 0.480 e. The number of allylic oxidation sites excluding steroid dienone is 1. The summed E-state index contributed by atoms with van der Waals surface area (Å²) in [5.74, 6) is 0.0278. The number of halogens is 1. The van der Waals surface area contributed by atoms with Crippen molar-refractivity contribution < 1.29 is 31.8 Å². The number of esters is 1. The summed E-state index contributed by atoms with van der Waals surface area (Å²) in [5.41, 5.74) is 2.36. The Labute approximate surface area is 249 Å². The number of aromatic nitrogens is 3. The van der Waals surface area contributed by atoms with Crippen molar-refractivity contribution in [3.8, 4) is 17.1 Å². The lowest BCUT2D eigenvalue weighted by Crippen LogP contribution is -2.37. The molecule has 2 aromatic heterocycles. The first-order valence-electron chi connectivity index (χ1n) is 14.0. The fourth-order valence-corrected chi connectivity index (χ4v) is 5.89. The number of hydrogen-bond donors (Lipinski definition) is 1. The van der Waals surface area contributed by atoms with Gasteiger partial charge in [0.05, 0.1) is 44.9 Å². The number of methoxy groups -OCH3 is 2. The molecule has 0 radical (unpaired) electrons. The molecule has 2 aliphatic rings. The van der Waals surface area contributed by atoms with Crippen molar-refractivity contribution in [2.24, 2.45) is 5.92 Å². The van der Waals surface area contributed by atoms with Crippen LogP contribution < -0.4 is 14.4 Å². The van der Waals surface area contributed by atoms with Gasteiger partial charge in [0, 0.05) is 42.9 Å². The molecular weight excluding hydrogens is 579 g/mol. The second kappa shape index (κ2) is 13.2. The SMILES string of the molecule is COC(=O)/C=C/C1CCN(Cc2cc(F)cc3c(-c4cnc(OC)c(NS(C)(=O)=O)c4)nc(N4CCOCC4)nc23)CC1. The standard InChI is InChI=1S/C29H35FN6O6S/c1-40-25(37)5-4-19-6-8-35(9-7-19)18-21-14-22(30)16-23-26(32-29(33-27(21)23)36-10-12-42-13-11-36)20-15-24(34-43(3,38)39)28(41-2)31-17-20/h4-5,14-17,19,34H,6-13,18H2,1-3H3/b5-4+. The van der Waals surface area contributed by atoms with Crippen LogP contribution in [0.5, 0.6) is 5.88 Å². The molecule has 3 aromatic rings. The topological polar surface area (TPSA) is 136 Å². The van der Waals surface area contributed by atoms with Crippen LogP contribution in [0.15, 0.2) is 36.5 Å². The molecule has 2 saturated heterocycles. The van der Waals surface area contributed by atoms with Gasteiger partial charge in [-0.3, -0.25) is 9.62 Å². The second-order valence-electron chi connectivity index (χ2n) is 10.6. The molecular formula is C29H35FN6O6S. The van der Waals surface area contributed by atoms with Crippen LogP contribution in [0.2, 0.25) is 0 Å². The van der Waals surface area contributed by atoms with Crippen molar-refractivity contribution in [1.29, 1.82) is 0 Å². The maximum Gasteiger partial charge on any atom is 0.330 e. The van der Waals surface area contributed by atoms with Crippen molar-refractivity contribution in [3.05, 3.63) is 47.9 Å². The summed E-state index contributed by atoms with van der Waals surface area (Å²) in [6.45, 7) is 4.25. The van der Waals surface area contributed by atoms with Gasteiger partial charge < -0.3 is 19.1 Å². The molecule has 1 aromatic carbocycles. The number of piperidine rings is 1. The normalized spacial score (nSPS) is 17.0. The Morgan fingerprint density at radius 1 is 1.14 bits per heavy atom. The highest BCUT2D eigenvalue weighted by Gasteiger charge is 2.23. The van der Waals surface area contributed by atoms with Gasteiger partial charge in [0.1, 0.15) is 11.5 Å². The first-order valence-corrected chi connectivity index (χ1v) is 15.9. The number of morpholine rings is 1. The molecule has 2 fully saturated rings. The summed E-state index contributed by atoms with van der Waals surface area (Å²) in [5, 5.41) is 0.486. The molecule has 2 aliphatic heterocycles. The van der Waals surface area contributed by atoms with Crippen LogP contribution in [0, 0.1) is 11.7 Å². The van der Waals surface area contributed by atoms with Crippen LogP contribution in [-0.4, -0.2) is 94.1 Å². The van der Waals surface area contributed by atoms with Crippen LogP contribution in [-0.2, 0) is 30.8 Å². The van der Waals surface area contributed by atoms with Crippen molar-refractivity contribution in [3.63, 3.8) is 0 Å².